The van der Waals surface area contributed by atoms with Gasteiger partial charge < -0.3 is 5.11 Å². The molecule has 1 N–H and O–H groups in total. The third-order valence-corrected chi connectivity index (χ3v) is 4.68. The number of hydrogen-bond acceptors (Lipinski definition) is 3. The Morgan fingerprint density at radius 2 is 1.81 bits per heavy atom. The average Bonchev–Trinajstić information content (AvgIpc) is 2.98. The fourth-order valence-electron chi connectivity index (χ4n) is 3.49. The molecule has 1 saturated carbocycles. The fraction of sp³-hybridized carbons (Fsp3) is 0.444. The molecule has 0 aliphatic heterocycles. The van der Waals surface area contributed by atoms with Crippen molar-refractivity contribution < 1.29 is 5.11 Å². The van der Waals surface area contributed by atoms with E-state index in [1.54, 1.807) is 13.1 Å². The van der Waals surface area contributed by atoms with E-state index in [0.29, 0.717) is 0 Å². The van der Waals surface area contributed by atoms with Crippen molar-refractivity contribution in [3.8, 4) is 0 Å². The highest BCUT2D eigenvalue weighted by atomic mass is 16.3. The van der Waals surface area contributed by atoms with Crippen molar-refractivity contribution in [2.75, 3.05) is 0 Å². The summed E-state index contributed by atoms with van der Waals surface area (Å²) in [7, 11) is 0. The minimum absolute atomic E-state index is 0.0523. The molecule has 0 amide bonds. The topological polar surface area (TPSA) is 46.0 Å². The first-order chi connectivity index (χ1) is 10.1. The summed E-state index contributed by atoms with van der Waals surface area (Å²) in [5, 5.41) is 9.76. The molecule has 3 rings (SSSR count). The molecule has 1 aromatic heterocycles. The predicted molar refractivity (Wildman–Crippen MR) is 83.1 cm³/mol. The Hall–Kier alpha value is -1.74. The molecule has 3 nitrogen and oxygen atoms in total. The van der Waals surface area contributed by atoms with Gasteiger partial charge in [-0.05, 0) is 32.3 Å². The number of benzene rings is 1. The minimum Gasteiger partial charge on any atom is -0.389 e. The van der Waals surface area contributed by atoms with Gasteiger partial charge in [-0.3, -0.25) is 0 Å². The van der Waals surface area contributed by atoms with Gasteiger partial charge in [0.1, 0.15) is 5.82 Å². The Balaban J connectivity index is 2.09. The van der Waals surface area contributed by atoms with Crippen LogP contribution in [0, 0.1) is 6.92 Å². The molecule has 0 radical (unpaired) electrons. The van der Waals surface area contributed by atoms with Crippen LogP contribution in [-0.2, 0) is 5.41 Å². The Morgan fingerprint density at radius 1 is 1.14 bits per heavy atom. The lowest BCUT2D eigenvalue weighted by Gasteiger charge is -2.28. The van der Waals surface area contributed by atoms with E-state index in [1.807, 2.05) is 6.92 Å². The minimum atomic E-state index is -0.518. The molecule has 0 spiro atoms. The first kappa shape index (κ1) is 14.2. The summed E-state index contributed by atoms with van der Waals surface area (Å²) in [4.78, 5) is 9.37. The van der Waals surface area contributed by atoms with Crippen LogP contribution in [0.5, 0.6) is 0 Å². The van der Waals surface area contributed by atoms with Gasteiger partial charge in [-0.25, -0.2) is 9.97 Å². The van der Waals surface area contributed by atoms with Crippen LogP contribution in [0.3, 0.4) is 0 Å². The largest absolute Gasteiger partial charge is 0.389 e. The molecule has 0 bridgehead atoms. The first-order valence-electron chi connectivity index (χ1n) is 7.71. The molecule has 1 aliphatic rings. The van der Waals surface area contributed by atoms with Gasteiger partial charge in [0.2, 0.25) is 0 Å². The molecule has 1 unspecified atom stereocenters. The molecule has 0 saturated heterocycles. The Bertz CT molecular complexity index is 616. The van der Waals surface area contributed by atoms with Crippen molar-refractivity contribution in [1.82, 2.24) is 9.97 Å². The zero-order chi connectivity index (χ0) is 14.9. The van der Waals surface area contributed by atoms with Crippen molar-refractivity contribution >= 4 is 0 Å². The van der Waals surface area contributed by atoms with Crippen molar-refractivity contribution in [3.63, 3.8) is 0 Å². The Kier molecular flexibility index (Phi) is 3.77. The maximum absolute atomic E-state index is 9.76. The van der Waals surface area contributed by atoms with Crippen LogP contribution in [0.4, 0.5) is 0 Å². The van der Waals surface area contributed by atoms with Gasteiger partial charge in [-0.2, -0.15) is 0 Å². The number of aliphatic hydroxyl groups excluding tert-OH is 1. The van der Waals surface area contributed by atoms with E-state index in [4.69, 9.17) is 4.98 Å². The van der Waals surface area contributed by atoms with E-state index in [1.165, 1.54) is 18.4 Å². The molecule has 110 valence electrons. The third kappa shape index (κ3) is 2.46. The smallest absolute Gasteiger partial charge is 0.139 e. The molecule has 1 aromatic carbocycles. The summed E-state index contributed by atoms with van der Waals surface area (Å²) in [6.07, 6.45) is 5.92. The summed E-state index contributed by atoms with van der Waals surface area (Å²) in [6, 6.07) is 10.6. The van der Waals surface area contributed by atoms with Crippen LogP contribution in [-0.4, -0.2) is 15.1 Å². The van der Waals surface area contributed by atoms with Gasteiger partial charge in [0.05, 0.1) is 11.5 Å². The summed E-state index contributed by atoms with van der Waals surface area (Å²) >= 11 is 0. The Morgan fingerprint density at radius 3 is 2.38 bits per heavy atom. The second-order valence-corrected chi connectivity index (χ2v) is 6.07. The van der Waals surface area contributed by atoms with Gasteiger partial charge in [0.15, 0.2) is 0 Å². The average molecular weight is 282 g/mol. The SMILES string of the molecule is Cc1nc(C2(c3ccccc3)CCCC2)ncc1C(C)O. The Labute approximate surface area is 126 Å². The molecule has 1 heterocycles. The normalized spacial score (nSPS) is 18.6. The van der Waals surface area contributed by atoms with Crippen molar-refractivity contribution in [3.05, 3.63) is 59.2 Å². The van der Waals surface area contributed by atoms with Crippen LogP contribution in [0.1, 0.15) is 61.4 Å². The summed E-state index contributed by atoms with van der Waals surface area (Å²) < 4.78 is 0. The van der Waals surface area contributed by atoms with Crippen LogP contribution in [0.25, 0.3) is 0 Å². The zero-order valence-electron chi connectivity index (χ0n) is 12.7. The highest BCUT2D eigenvalue weighted by molar-refractivity contribution is 5.35. The number of hydrogen-bond donors (Lipinski definition) is 1. The van der Waals surface area contributed by atoms with E-state index in [2.05, 4.69) is 35.3 Å². The van der Waals surface area contributed by atoms with Gasteiger partial charge in [0, 0.05) is 17.5 Å². The quantitative estimate of drug-likeness (QED) is 0.933. The van der Waals surface area contributed by atoms with E-state index in [0.717, 1.165) is 29.9 Å². The lowest BCUT2D eigenvalue weighted by atomic mass is 9.78. The van der Waals surface area contributed by atoms with Gasteiger partial charge in [-0.15, -0.1) is 0 Å². The number of nitrogens with zero attached hydrogens (tertiary/aromatic N) is 2. The molecule has 1 aliphatic carbocycles. The number of aromatic nitrogens is 2. The number of aryl methyl sites for hydroxylation is 1. The second-order valence-electron chi connectivity index (χ2n) is 6.07. The summed E-state index contributed by atoms with van der Waals surface area (Å²) in [5.41, 5.74) is 2.97. The number of aliphatic hydroxyl groups is 1. The highest BCUT2D eigenvalue weighted by Crippen LogP contribution is 2.45. The molecule has 2 aromatic rings. The third-order valence-electron chi connectivity index (χ3n) is 4.68. The molecular weight excluding hydrogens is 260 g/mol. The molecule has 3 heteroatoms. The van der Waals surface area contributed by atoms with E-state index >= 15 is 0 Å². The standard InChI is InChI=1S/C18H22N2O/c1-13-16(14(2)21)12-19-17(20-13)18(10-6-7-11-18)15-8-4-3-5-9-15/h3-5,8-9,12,14,21H,6-7,10-11H2,1-2H3. The van der Waals surface area contributed by atoms with Crippen molar-refractivity contribution in [2.24, 2.45) is 0 Å². The summed E-state index contributed by atoms with van der Waals surface area (Å²) in [5.74, 6) is 0.910. The zero-order valence-corrected chi connectivity index (χ0v) is 12.7. The van der Waals surface area contributed by atoms with Crippen molar-refractivity contribution in [1.29, 1.82) is 0 Å². The number of rotatable bonds is 3. The fourth-order valence-corrected chi connectivity index (χ4v) is 3.49. The van der Waals surface area contributed by atoms with Crippen LogP contribution >= 0.6 is 0 Å². The molecule has 21 heavy (non-hydrogen) atoms. The van der Waals surface area contributed by atoms with E-state index < -0.39 is 6.10 Å². The predicted octanol–water partition coefficient (Wildman–Crippen LogP) is 3.70. The van der Waals surface area contributed by atoms with Crippen LogP contribution in [0.2, 0.25) is 0 Å². The molecule has 1 atom stereocenters. The molecular formula is C18H22N2O. The first-order valence-corrected chi connectivity index (χ1v) is 7.71. The van der Waals surface area contributed by atoms with Crippen LogP contribution in [0.15, 0.2) is 36.5 Å². The lowest BCUT2D eigenvalue weighted by molar-refractivity contribution is 0.197. The second kappa shape index (κ2) is 5.57. The monoisotopic (exact) mass is 282 g/mol. The maximum atomic E-state index is 9.76. The van der Waals surface area contributed by atoms with Crippen molar-refractivity contribution in [2.45, 2.75) is 51.0 Å². The maximum Gasteiger partial charge on any atom is 0.139 e. The van der Waals surface area contributed by atoms with Crippen LogP contribution < -0.4 is 0 Å². The van der Waals surface area contributed by atoms with Gasteiger partial charge >= 0.3 is 0 Å². The molecule has 1 fully saturated rings. The van der Waals surface area contributed by atoms with Gasteiger partial charge in [-0.1, -0.05) is 43.2 Å². The summed E-state index contributed by atoms with van der Waals surface area (Å²) in [6.45, 7) is 3.72. The lowest BCUT2D eigenvalue weighted by Crippen LogP contribution is -2.27. The highest BCUT2D eigenvalue weighted by Gasteiger charge is 2.40. The van der Waals surface area contributed by atoms with E-state index in [-0.39, 0.29) is 5.41 Å². The van der Waals surface area contributed by atoms with Gasteiger partial charge in [0.25, 0.3) is 0 Å². The van der Waals surface area contributed by atoms with E-state index in [9.17, 15) is 5.11 Å².